The van der Waals surface area contributed by atoms with E-state index in [0.717, 1.165) is 19.7 Å². The van der Waals surface area contributed by atoms with Crippen LogP contribution in [0.2, 0.25) is 0 Å². The molecule has 2 aromatic rings. The van der Waals surface area contributed by atoms with E-state index in [0.29, 0.717) is 12.4 Å². The molecular weight excluding hydrogens is 411 g/mol. The predicted octanol–water partition coefficient (Wildman–Crippen LogP) is 4.09. The molecule has 0 fully saturated rings. The summed E-state index contributed by atoms with van der Waals surface area (Å²) in [7, 11) is 0. The Labute approximate surface area is 147 Å². The number of phenolic OH excluding ortho intramolecular Hbond substituents is 1. The monoisotopic (exact) mass is 426 g/mol. The van der Waals surface area contributed by atoms with Gasteiger partial charge in [0.05, 0.1) is 10.2 Å². The van der Waals surface area contributed by atoms with Crippen LogP contribution < -0.4 is 10.2 Å². The third-order valence-corrected chi connectivity index (χ3v) is 5.17. The van der Waals surface area contributed by atoms with Gasteiger partial charge in [-0.3, -0.25) is 5.43 Å². The zero-order chi connectivity index (χ0) is 15.5. The van der Waals surface area contributed by atoms with E-state index >= 15 is 0 Å². The van der Waals surface area contributed by atoms with Crippen molar-refractivity contribution >= 4 is 39.4 Å². The fraction of sp³-hybridized carbons (Fsp3) is 0.188. The number of aromatic hydroxyl groups is 1. The molecule has 3 rings (SSSR count). The SMILES string of the molecule is CCOc1cc(C2NN=C(c3ccccc3)S2)cc(I)c1O. The topological polar surface area (TPSA) is 53.8 Å². The quantitative estimate of drug-likeness (QED) is 0.724. The molecule has 0 aliphatic carbocycles. The molecule has 1 aliphatic rings. The maximum absolute atomic E-state index is 10.0. The van der Waals surface area contributed by atoms with Gasteiger partial charge in [-0.15, -0.1) is 0 Å². The van der Waals surface area contributed by atoms with Crippen molar-refractivity contribution in [1.82, 2.24) is 5.43 Å². The third-order valence-electron chi connectivity index (χ3n) is 3.19. The number of benzene rings is 2. The van der Waals surface area contributed by atoms with E-state index in [-0.39, 0.29) is 11.1 Å². The molecular formula is C16H15IN2O2S. The Balaban J connectivity index is 1.82. The normalized spacial score (nSPS) is 17.0. The first-order valence-corrected chi connectivity index (χ1v) is 8.85. The highest BCUT2D eigenvalue weighted by molar-refractivity contribution is 14.1. The van der Waals surface area contributed by atoms with E-state index in [1.165, 1.54) is 0 Å². The minimum absolute atomic E-state index is 0.0172. The van der Waals surface area contributed by atoms with Gasteiger partial charge in [-0.2, -0.15) is 5.10 Å². The van der Waals surface area contributed by atoms with Gasteiger partial charge in [0.2, 0.25) is 0 Å². The van der Waals surface area contributed by atoms with Crippen molar-refractivity contribution in [2.45, 2.75) is 12.3 Å². The lowest BCUT2D eigenvalue weighted by Gasteiger charge is -2.14. The van der Waals surface area contributed by atoms with Crippen LogP contribution in [-0.2, 0) is 0 Å². The molecule has 114 valence electrons. The molecule has 4 nitrogen and oxygen atoms in total. The number of halogens is 1. The first kappa shape index (κ1) is 15.5. The number of phenols is 1. The minimum atomic E-state index is 0.0172. The minimum Gasteiger partial charge on any atom is -0.504 e. The van der Waals surface area contributed by atoms with Gasteiger partial charge in [0, 0.05) is 5.56 Å². The molecule has 0 saturated heterocycles. The van der Waals surface area contributed by atoms with Crippen LogP contribution in [0.4, 0.5) is 0 Å². The summed E-state index contributed by atoms with van der Waals surface area (Å²) in [4.78, 5) is 0. The van der Waals surface area contributed by atoms with Crippen LogP contribution in [0.25, 0.3) is 0 Å². The molecule has 0 radical (unpaired) electrons. The molecule has 1 aliphatic heterocycles. The number of hydrazone groups is 1. The van der Waals surface area contributed by atoms with E-state index in [2.05, 4.69) is 33.1 Å². The van der Waals surface area contributed by atoms with Gasteiger partial charge in [-0.05, 0) is 47.2 Å². The summed E-state index contributed by atoms with van der Waals surface area (Å²) >= 11 is 3.77. The smallest absolute Gasteiger partial charge is 0.171 e. The average Bonchev–Trinajstić information content (AvgIpc) is 3.02. The Morgan fingerprint density at radius 3 is 2.82 bits per heavy atom. The lowest BCUT2D eigenvalue weighted by molar-refractivity contribution is 0.316. The standard InChI is InChI=1S/C16H15IN2O2S/c1-2-21-13-9-11(8-12(17)14(13)20)16-19-18-15(22-16)10-6-4-3-5-7-10/h3-9,16,19-20H,2H2,1H3. The van der Waals surface area contributed by atoms with Crippen molar-refractivity contribution in [2.75, 3.05) is 6.61 Å². The highest BCUT2D eigenvalue weighted by atomic mass is 127. The van der Waals surface area contributed by atoms with Crippen molar-refractivity contribution in [3.8, 4) is 11.5 Å². The van der Waals surface area contributed by atoms with Gasteiger partial charge < -0.3 is 9.84 Å². The maximum Gasteiger partial charge on any atom is 0.171 e. The zero-order valence-electron chi connectivity index (χ0n) is 11.9. The summed E-state index contributed by atoms with van der Waals surface area (Å²) in [5.74, 6) is 0.707. The molecule has 2 N–H and O–H groups in total. The van der Waals surface area contributed by atoms with Crippen LogP contribution in [0.5, 0.6) is 11.5 Å². The van der Waals surface area contributed by atoms with Gasteiger partial charge in [-0.25, -0.2) is 0 Å². The predicted molar refractivity (Wildman–Crippen MR) is 98.4 cm³/mol. The molecule has 1 heterocycles. The van der Waals surface area contributed by atoms with Gasteiger partial charge in [0.15, 0.2) is 11.5 Å². The van der Waals surface area contributed by atoms with Crippen molar-refractivity contribution < 1.29 is 9.84 Å². The van der Waals surface area contributed by atoms with Crippen molar-refractivity contribution in [3.05, 3.63) is 57.2 Å². The van der Waals surface area contributed by atoms with Crippen LogP contribution in [-0.4, -0.2) is 16.8 Å². The van der Waals surface area contributed by atoms with Gasteiger partial charge >= 0.3 is 0 Å². The summed E-state index contributed by atoms with van der Waals surface area (Å²) in [6.45, 7) is 2.42. The van der Waals surface area contributed by atoms with Crippen LogP contribution in [0.1, 0.15) is 23.4 Å². The van der Waals surface area contributed by atoms with Crippen molar-refractivity contribution in [1.29, 1.82) is 0 Å². The first-order chi connectivity index (χ1) is 10.7. The summed E-state index contributed by atoms with van der Waals surface area (Å²) < 4.78 is 6.27. The fourth-order valence-corrected chi connectivity index (χ4v) is 3.75. The number of ether oxygens (including phenoxy) is 1. The highest BCUT2D eigenvalue weighted by Gasteiger charge is 2.24. The third kappa shape index (κ3) is 3.17. The lowest BCUT2D eigenvalue weighted by Crippen LogP contribution is -2.07. The van der Waals surface area contributed by atoms with E-state index < -0.39 is 0 Å². The molecule has 0 amide bonds. The van der Waals surface area contributed by atoms with E-state index in [1.54, 1.807) is 11.8 Å². The Morgan fingerprint density at radius 2 is 2.09 bits per heavy atom. The summed E-state index contributed by atoms with van der Waals surface area (Å²) in [5.41, 5.74) is 5.28. The Hall–Kier alpha value is -1.41. The zero-order valence-corrected chi connectivity index (χ0v) is 14.9. The molecule has 1 atom stereocenters. The van der Waals surface area contributed by atoms with Gasteiger partial charge in [0.1, 0.15) is 10.4 Å². The van der Waals surface area contributed by atoms with E-state index in [4.69, 9.17) is 4.74 Å². The van der Waals surface area contributed by atoms with E-state index in [1.807, 2.05) is 49.4 Å². The second-order valence-electron chi connectivity index (χ2n) is 4.69. The number of rotatable bonds is 4. The second-order valence-corrected chi connectivity index (χ2v) is 6.95. The maximum atomic E-state index is 10.0. The van der Waals surface area contributed by atoms with Crippen LogP contribution in [0.3, 0.4) is 0 Å². The van der Waals surface area contributed by atoms with Crippen molar-refractivity contribution in [2.24, 2.45) is 5.10 Å². The molecule has 6 heteroatoms. The average molecular weight is 426 g/mol. The Kier molecular flexibility index (Phi) is 4.77. The van der Waals surface area contributed by atoms with Crippen LogP contribution in [0.15, 0.2) is 47.6 Å². The Morgan fingerprint density at radius 1 is 1.32 bits per heavy atom. The molecule has 22 heavy (non-hydrogen) atoms. The first-order valence-electron chi connectivity index (χ1n) is 6.89. The number of nitrogens with one attached hydrogen (secondary N) is 1. The molecule has 0 spiro atoms. The van der Waals surface area contributed by atoms with Gasteiger partial charge in [-0.1, -0.05) is 42.1 Å². The lowest BCUT2D eigenvalue weighted by atomic mass is 10.2. The number of nitrogens with zero attached hydrogens (tertiary/aromatic N) is 1. The van der Waals surface area contributed by atoms with E-state index in [9.17, 15) is 5.11 Å². The summed E-state index contributed by atoms with van der Waals surface area (Å²) in [6, 6.07) is 13.9. The Bertz CT molecular complexity index is 707. The second kappa shape index (κ2) is 6.78. The molecule has 2 aromatic carbocycles. The van der Waals surface area contributed by atoms with Crippen LogP contribution in [0, 0.1) is 3.57 Å². The van der Waals surface area contributed by atoms with Gasteiger partial charge in [0.25, 0.3) is 0 Å². The summed E-state index contributed by atoms with van der Waals surface area (Å²) in [6.07, 6.45) is 0. The molecule has 0 saturated carbocycles. The molecule has 0 aromatic heterocycles. The largest absolute Gasteiger partial charge is 0.504 e. The number of hydrogen-bond acceptors (Lipinski definition) is 5. The molecule has 1 unspecified atom stereocenters. The summed E-state index contributed by atoms with van der Waals surface area (Å²) in [5, 5.41) is 15.4. The van der Waals surface area contributed by atoms with Crippen LogP contribution >= 0.6 is 34.4 Å². The van der Waals surface area contributed by atoms with Crippen molar-refractivity contribution in [3.63, 3.8) is 0 Å². The fourth-order valence-electron chi connectivity index (χ4n) is 2.15. The highest BCUT2D eigenvalue weighted by Crippen LogP contribution is 2.40. The number of thioether (sulfide) groups is 1. The number of hydrogen-bond donors (Lipinski definition) is 2. The molecule has 0 bridgehead atoms.